The number of aliphatic carboxylic acids is 1. The monoisotopic (exact) mass is 261 g/mol. The third-order valence-electron chi connectivity index (χ3n) is 2.63. The van der Waals surface area contributed by atoms with Gasteiger partial charge in [-0.05, 0) is 12.1 Å². The van der Waals surface area contributed by atoms with Crippen molar-refractivity contribution in [3.05, 3.63) is 46.5 Å². The van der Waals surface area contributed by atoms with Crippen LogP contribution in [0.15, 0.2) is 36.4 Å². The van der Waals surface area contributed by atoms with Gasteiger partial charge in [-0.1, -0.05) is 18.2 Å². The molecule has 2 rings (SSSR count). The Labute approximate surface area is 108 Å². The lowest BCUT2D eigenvalue weighted by Crippen LogP contribution is -2.05. The van der Waals surface area contributed by atoms with Crippen LogP contribution in [0.3, 0.4) is 0 Å². The fourth-order valence-corrected chi connectivity index (χ4v) is 1.79. The first-order chi connectivity index (χ1) is 9.09. The van der Waals surface area contributed by atoms with E-state index < -0.39 is 10.9 Å². The Morgan fingerprint density at radius 2 is 1.89 bits per heavy atom. The van der Waals surface area contributed by atoms with Crippen LogP contribution in [0.25, 0.3) is 10.8 Å². The summed E-state index contributed by atoms with van der Waals surface area (Å²) in [6.07, 6.45) is -0.120. The van der Waals surface area contributed by atoms with Crippen molar-refractivity contribution in [1.82, 2.24) is 0 Å². The number of fused-ring (bicyclic) bond motifs is 1. The van der Waals surface area contributed by atoms with Crippen molar-refractivity contribution >= 4 is 22.4 Å². The molecule has 0 saturated heterocycles. The van der Waals surface area contributed by atoms with Crippen LogP contribution in [0.2, 0.25) is 0 Å². The highest BCUT2D eigenvalue weighted by atomic mass is 16.6. The minimum absolute atomic E-state index is 0.00110. The number of carboxylic acid groups (broad SMARTS) is 1. The molecule has 0 heterocycles. The van der Waals surface area contributed by atoms with Gasteiger partial charge >= 0.3 is 5.97 Å². The Morgan fingerprint density at radius 3 is 2.53 bits per heavy atom. The molecule has 0 fully saturated rings. The summed E-state index contributed by atoms with van der Waals surface area (Å²) >= 11 is 0. The normalized spacial score (nSPS) is 10.3. The zero-order valence-electron chi connectivity index (χ0n) is 9.91. The van der Waals surface area contributed by atoms with Gasteiger partial charge in [-0.15, -0.1) is 0 Å². The minimum atomic E-state index is -0.953. The van der Waals surface area contributed by atoms with Gasteiger partial charge < -0.3 is 9.84 Å². The first-order valence-corrected chi connectivity index (χ1v) is 5.60. The fourth-order valence-electron chi connectivity index (χ4n) is 1.79. The Bertz CT molecular complexity index is 638. The van der Waals surface area contributed by atoms with E-state index in [1.54, 1.807) is 24.3 Å². The first kappa shape index (κ1) is 12.8. The molecular formula is C13H11NO5. The average molecular weight is 261 g/mol. The van der Waals surface area contributed by atoms with Gasteiger partial charge in [0.05, 0.1) is 23.3 Å². The molecule has 0 aliphatic carbocycles. The molecule has 0 bridgehead atoms. The van der Waals surface area contributed by atoms with E-state index in [1.165, 1.54) is 12.1 Å². The molecule has 0 atom stereocenters. The van der Waals surface area contributed by atoms with Crippen LogP contribution in [0.4, 0.5) is 5.69 Å². The highest BCUT2D eigenvalue weighted by Gasteiger charge is 2.14. The van der Waals surface area contributed by atoms with Crippen LogP contribution < -0.4 is 4.74 Å². The molecule has 0 aliphatic rings. The molecule has 98 valence electrons. The van der Waals surface area contributed by atoms with Crippen molar-refractivity contribution < 1.29 is 19.6 Å². The quantitative estimate of drug-likeness (QED) is 0.660. The molecule has 0 aromatic heterocycles. The summed E-state index contributed by atoms with van der Waals surface area (Å²) in [6.45, 7) is 0.0249. The largest absolute Gasteiger partial charge is 0.492 e. The summed E-state index contributed by atoms with van der Waals surface area (Å²) in [4.78, 5) is 20.9. The van der Waals surface area contributed by atoms with Crippen molar-refractivity contribution in [2.24, 2.45) is 0 Å². The maximum atomic E-state index is 10.9. The Kier molecular flexibility index (Phi) is 3.61. The molecule has 0 aliphatic heterocycles. The van der Waals surface area contributed by atoms with Crippen LogP contribution in [-0.2, 0) is 4.79 Å². The number of nitro benzene ring substituents is 1. The summed E-state index contributed by atoms with van der Waals surface area (Å²) in [7, 11) is 0. The molecule has 1 N–H and O–H groups in total. The maximum absolute atomic E-state index is 10.9. The van der Waals surface area contributed by atoms with Gasteiger partial charge in [0.2, 0.25) is 0 Å². The summed E-state index contributed by atoms with van der Waals surface area (Å²) in [5.74, 6) is -0.506. The molecule has 0 amide bonds. The predicted octanol–water partition coefficient (Wildman–Crippen LogP) is 2.60. The molecule has 0 radical (unpaired) electrons. The summed E-state index contributed by atoms with van der Waals surface area (Å²) in [6, 6.07) is 9.64. The lowest BCUT2D eigenvalue weighted by molar-refractivity contribution is -0.383. The van der Waals surface area contributed by atoms with Gasteiger partial charge in [0.15, 0.2) is 0 Å². The number of hydrogen-bond acceptors (Lipinski definition) is 4. The second-order valence-electron chi connectivity index (χ2n) is 3.88. The zero-order chi connectivity index (χ0) is 13.8. The summed E-state index contributed by atoms with van der Waals surface area (Å²) < 4.78 is 5.36. The van der Waals surface area contributed by atoms with E-state index >= 15 is 0 Å². The van der Waals surface area contributed by atoms with E-state index in [-0.39, 0.29) is 18.7 Å². The zero-order valence-corrected chi connectivity index (χ0v) is 9.91. The van der Waals surface area contributed by atoms with Crippen LogP contribution >= 0.6 is 0 Å². The van der Waals surface area contributed by atoms with E-state index in [0.29, 0.717) is 16.5 Å². The average Bonchev–Trinajstić information content (AvgIpc) is 2.38. The first-order valence-electron chi connectivity index (χ1n) is 5.60. The molecule has 6 heteroatoms. The lowest BCUT2D eigenvalue weighted by atomic mass is 10.1. The van der Waals surface area contributed by atoms with Crippen LogP contribution in [0.1, 0.15) is 6.42 Å². The van der Waals surface area contributed by atoms with Crippen LogP contribution in [0, 0.1) is 10.1 Å². The number of carboxylic acids is 1. The molecular weight excluding hydrogens is 250 g/mol. The summed E-state index contributed by atoms with van der Waals surface area (Å²) in [5.41, 5.74) is 0.00110. The van der Waals surface area contributed by atoms with Gasteiger partial charge in [0.25, 0.3) is 5.69 Å². The molecule has 2 aromatic rings. The van der Waals surface area contributed by atoms with E-state index in [2.05, 4.69) is 0 Å². The second kappa shape index (κ2) is 5.34. The van der Waals surface area contributed by atoms with E-state index in [4.69, 9.17) is 9.84 Å². The van der Waals surface area contributed by atoms with Gasteiger partial charge in [0.1, 0.15) is 5.75 Å². The molecule has 6 nitrogen and oxygen atoms in total. The van der Waals surface area contributed by atoms with Gasteiger partial charge in [-0.2, -0.15) is 0 Å². The lowest BCUT2D eigenvalue weighted by Gasteiger charge is -2.08. The van der Waals surface area contributed by atoms with E-state index in [9.17, 15) is 14.9 Å². The number of rotatable bonds is 5. The maximum Gasteiger partial charge on any atom is 0.306 e. The molecule has 19 heavy (non-hydrogen) atoms. The number of carbonyl (C=O) groups is 1. The van der Waals surface area contributed by atoms with Crippen molar-refractivity contribution in [3.63, 3.8) is 0 Å². The number of hydrogen-bond donors (Lipinski definition) is 1. The third kappa shape index (κ3) is 2.79. The van der Waals surface area contributed by atoms with Crippen molar-refractivity contribution in [3.8, 4) is 5.75 Å². The standard InChI is InChI=1S/C13H11NO5/c15-13(16)7-8-19-12-6-5-11(14(17)18)9-3-1-2-4-10(9)12/h1-6H,7-8H2,(H,15,16). The predicted molar refractivity (Wildman–Crippen MR) is 68.4 cm³/mol. The number of non-ortho nitro benzene ring substituents is 1. The summed E-state index contributed by atoms with van der Waals surface area (Å²) in [5, 5.41) is 20.5. The van der Waals surface area contributed by atoms with Gasteiger partial charge in [0, 0.05) is 11.5 Å². The molecule has 2 aromatic carbocycles. The van der Waals surface area contributed by atoms with Gasteiger partial charge in [-0.3, -0.25) is 14.9 Å². The van der Waals surface area contributed by atoms with E-state index in [0.717, 1.165) is 0 Å². The third-order valence-corrected chi connectivity index (χ3v) is 2.63. The SMILES string of the molecule is O=C(O)CCOc1ccc([N+](=O)[O-])c2ccccc12. The Balaban J connectivity index is 2.38. The highest BCUT2D eigenvalue weighted by Crippen LogP contribution is 2.32. The van der Waals surface area contributed by atoms with E-state index in [1.807, 2.05) is 0 Å². The highest BCUT2D eigenvalue weighted by molar-refractivity contribution is 5.95. The van der Waals surface area contributed by atoms with Crippen LogP contribution in [0.5, 0.6) is 5.75 Å². The Morgan fingerprint density at radius 1 is 1.21 bits per heavy atom. The smallest absolute Gasteiger partial charge is 0.306 e. The van der Waals surface area contributed by atoms with Crippen LogP contribution in [-0.4, -0.2) is 22.6 Å². The minimum Gasteiger partial charge on any atom is -0.492 e. The molecule has 0 saturated carbocycles. The van der Waals surface area contributed by atoms with Crippen molar-refractivity contribution in [1.29, 1.82) is 0 Å². The van der Waals surface area contributed by atoms with Gasteiger partial charge in [-0.25, -0.2) is 0 Å². The fraction of sp³-hybridized carbons (Fsp3) is 0.154. The number of benzene rings is 2. The Hall–Kier alpha value is -2.63. The molecule has 0 unspecified atom stereocenters. The molecule has 0 spiro atoms. The second-order valence-corrected chi connectivity index (χ2v) is 3.88. The van der Waals surface area contributed by atoms with Crippen molar-refractivity contribution in [2.45, 2.75) is 6.42 Å². The topological polar surface area (TPSA) is 89.7 Å². The number of nitrogens with zero attached hydrogens (tertiary/aromatic N) is 1. The number of nitro groups is 1. The number of ether oxygens (including phenoxy) is 1. The van der Waals surface area contributed by atoms with Crippen molar-refractivity contribution in [2.75, 3.05) is 6.61 Å².